The molecule has 33 heavy (non-hydrogen) atoms. The molecule has 6 nitrogen and oxygen atoms in total. The van der Waals surface area contributed by atoms with Crippen molar-refractivity contribution < 1.29 is 14.3 Å². The van der Waals surface area contributed by atoms with Crippen LogP contribution in [0.4, 0.5) is 0 Å². The van der Waals surface area contributed by atoms with E-state index in [0.717, 1.165) is 33.3 Å². The molecule has 1 aromatic heterocycles. The van der Waals surface area contributed by atoms with Crippen molar-refractivity contribution >= 4 is 22.7 Å². The van der Waals surface area contributed by atoms with Crippen LogP contribution in [0.3, 0.4) is 0 Å². The molecule has 2 amide bonds. The molecular formula is C27H25N3O3. The number of benzene rings is 3. The summed E-state index contributed by atoms with van der Waals surface area (Å²) in [5, 5.41) is 3.97. The summed E-state index contributed by atoms with van der Waals surface area (Å²) in [5.41, 5.74) is 4.53. The van der Waals surface area contributed by atoms with E-state index in [0.29, 0.717) is 12.2 Å². The number of carbonyl (C=O) groups excluding carboxylic acids is 2. The van der Waals surface area contributed by atoms with Crippen molar-refractivity contribution in [1.82, 2.24) is 14.8 Å². The summed E-state index contributed by atoms with van der Waals surface area (Å²) in [5.74, 6) is 0.413. The van der Waals surface area contributed by atoms with Crippen molar-refractivity contribution in [2.24, 2.45) is 7.05 Å². The van der Waals surface area contributed by atoms with Gasteiger partial charge in [-0.1, -0.05) is 60.7 Å². The van der Waals surface area contributed by atoms with E-state index in [1.54, 1.807) is 12.0 Å². The molecule has 4 aromatic rings. The van der Waals surface area contributed by atoms with Crippen molar-refractivity contribution in [2.45, 2.75) is 12.6 Å². The third kappa shape index (κ3) is 3.63. The zero-order chi connectivity index (χ0) is 22.9. The van der Waals surface area contributed by atoms with E-state index in [1.807, 2.05) is 90.5 Å². The third-order valence-electron chi connectivity index (χ3n) is 6.27. The molecule has 2 heterocycles. The number of carbonyl (C=O) groups is 2. The van der Waals surface area contributed by atoms with Crippen LogP contribution in [0, 0.1) is 0 Å². The van der Waals surface area contributed by atoms with Crippen LogP contribution in [0.25, 0.3) is 10.9 Å². The molecule has 5 rings (SSSR count). The number of aromatic nitrogens is 1. The number of fused-ring (bicyclic) bond motifs is 3. The maximum Gasteiger partial charge on any atom is 0.272 e. The highest BCUT2D eigenvalue weighted by molar-refractivity contribution is 6.07. The van der Waals surface area contributed by atoms with Gasteiger partial charge >= 0.3 is 0 Å². The predicted octanol–water partition coefficient (Wildman–Crippen LogP) is 4.05. The second-order valence-electron chi connectivity index (χ2n) is 8.21. The number of nitrogens with one attached hydrogen (secondary N) is 1. The summed E-state index contributed by atoms with van der Waals surface area (Å²) in [6.45, 7) is 0.399. The van der Waals surface area contributed by atoms with E-state index in [-0.39, 0.29) is 24.4 Å². The fraction of sp³-hybridized carbons (Fsp3) is 0.185. The average molecular weight is 440 g/mol. The molecule has 0 aliphatic carbocycles. The van der Waals surface area contributed by atoms with Gasteiger partial charge in [-0.05, 0) is 29.3 Å². The van der Waals surface area contributed by atoms with E-state index < -0.39 is 0 Å². The molecule has 0 unspecified atom stereocenters. The van der Waals surface area contributed by atoms with Gasteiger partial charge in [-0.25, -0.2) is 0 Å². The minimum Gasteiger partial charge on any atom is -0.497 e. The van der Waals surface area contributed by atoms with Crippen LogP contribution in [0.5, 0.6) is 5.75 Å². The van der Waals surface area contributed by atoms with Crippen LogP contribution in [0.1, 0.15) is 33.2 Å². The van der Waals surface area contributed by atoms with Gasteiger partial charge in [-0.2, -0.15) is 0 Å². The lowest BCUT2D eigenvalue weighted by molar-refractivity contribution is -0.122. The number of nitrogens with zero attached hydrogens (tertiary/aromatic N) is 2. The highest BCUT2D eigenvalue weighted by Gasteiger charge is 2.42. The summed E-state index contributed by atoms with van der Waals surface area (Å²) < 4.78 is 7.25. The number of hydrogen-bond donors (Lipinski definition) is 1. The maximum absolute atomic E-state index is 13.6. The van der Waals surface area contributed by atoms with Crippen LogP contribution in [0.2, 0.25) is 0 Å². The molecule has 0 spiro atoms. The SMILES string of the molecule is COc1ccc([C@@H]2c3c(n(C)c4ccccc34)C(=O)N2CC(=O)NCc2ccccc2)cc1. The van der Waals surface area contributed by atoms with Gasteiger partial charge in [0.1, 0.15) is 18.0 Å². The minimum atomic E-state index is -0.355. The number of methoxy groups -OCH3 is 1. The fourth-order valence-electron chi connectivity index (χ4n) is 4.67. The Morgan fingerprint density at radius 1 is 0.970 bits per heavy atom. The Balaban J connectivity index is 1.51. The summed E-state index contributed by atoms with van der Waals surface area (Å²) >= 11 is 0. The first-order valence-electron chi connectivity index (χ1n) is 10.9. The molecule has 1 atom stereocenters. The van der Waals surface area contributed by atoms with Crippen LogP contribution in [0.15, 0.2) is 78.9 Å². The molecule has 0 saturated heterocycles. The Morgan fingerprint density at radius 2 is 1.67 bits per heavy atom. The number of amides is 2. The quantitative estimate of drug-likeness (QED) is 0.493. The third-order valence-corrected chi connectivity index (χ3v) is 6.27. The zero-order valence-corrected chi connectivity index (χ0v) is 18.6. The van der Waals surface area contributed by atoms with Gasteiger partial charge in [0.25, 0.3) is 5.91 Å². The Kier molecular flexibility index (Phi) is 5.34. The summed E-state index contributed by atoms with van der Waals surface area (Å²) in [6, 6.07) is 25.1. The number of aryl methyl sites for hydroxylation is 1. The fourth-order valence-corrected chi connectivity index (χ4v) is 4.67. The Bertz CT molecular complexity index is 1330. The first kappa shape index (κ1) is 20.8. The van der Waals surface area contributed by atoms with Crippen molar-refractivity contribution in [2.75, 3.05) is 13.7 Å². The number of para-hydroxylation sites is 1. The van der Waals surface area contributed by atoms with Gasteiger partial charge in [0.15, 0.2) is 0 Å². The largest absolute Gasteiger partial charge is 0.497 e. The van der Waals surface area contributed by atoms with Crippen molar-refractivity contribution in [3.63, 3.8) is 0 Å². The smallest absolute Gasteiger partial charge is 0.272 e. The lowest BCUT2D eigenvalue weighted by atomic mass is 9.98. The topological polar surface area (TPSA) is 63.6 Å². The molecule has 0 fully saturated rings. The van der Waals surface area contributed by atoms with Crippen molar-refractivity contribution in [1.29, 1.82) is 0 Å². The van der Waals surface area contributed by atoms with E-state index >= 15 is 0 Å². The molecule has 0 bridgehead atoms. The molecule has 0 saturated carbocycles. The van der Waals surface area contributed by atoms with E-state index in [9.17, 15) is 9.59 Å². The monoisotopic (exact) mass is 439 g/mol. The van der Waals surface area contributed by atoms with Gasteiger partial charge in [-0.15, -0.1) is 0 Å². The van der Waals surface area contributed by atoms with Crippen LogP contribution >= 0.6 is 0 Å². The van der Waals surface area contributed by atoms with Gasteiger partial charge in [-0.3, -0.25) is 9.59 Å². The Labute approximate surface area is 192 Å². The maximum atomic E-state index is 13.6. The van der Waals surface area contributed by atoms with Crippen LogP contribution in [-0.4, -0.2) is 34.9 Å². The second kappa shape index (κ2) is 8.47. The molecular weight excluding hydrogens is 414 g/mol. The second-order valence-corrected chi connectivity index (χ2v) is 8.21. The van der Waals surface area contributed by atoms with Gasteiger partial charge in [0.2, 0.25) is 5.91 Å². The van der Waals surface area contributed by atoms with E-state index in [1.165, 1.54) is 0 Å². The molecule has 3 aromatic carbocycles. The molecule has 0 radical (unpaired) electrons. The van der Waals surface area contributed by atoms with Crippen molar-refractivity contribution in [3.05, 3.63) is 101 Å². The summed E-state index contributed by atoms with van der Waals surface area (Å²) in [4.78, 5) is 28.2. The minimum absolute atomic E-state index is 0.0225. The van der Waals surface area contributed by atoms with Gasteiger partial charge in [0, 0.05) is 30.1 Å². The molecule has 1 aliphatic rings. The van der Waals surface area contributed by atoms with Crippen molar-refractivity contribution in [3.8, 4) is 5.75 Å². The summed E-state index contributed by atoms with van der Waals surface area (Å²) in [6.07, 6.45) is 0. The molecule has 166 valence electrons. The zero-order valence-electron chi connectivity index (χ0n) is 18.6. The Morgan fingerprint density at radius 3 is 2.39 bits per heavy atom. The summed E-state index contributed by atoms with van der Waals surface area (Å²) in [7, 11) is 3.53. The standard InChI is InChI=1S/C27H25N3O3/c1-29-22-11-7-6-10-21(22)24-25(19-12-14-20(33-2)15-13-19)30(27(32)26(24)29)17-23(31)28-16-18-8-4-3-5-9-18/h3-15,25H,16-17H2,1-2H3,(H,28,31)/t25-/m1/s1. The normalized spacial score (nSPS) is 15.0. The number of rotatable bonds is 6. The highest BCUT2D eigenvalue weighted by atomic mass is 16.5. The molecule has 1 N–H and O–H groups in total. The molecule has 1 aliphatic heterocycles. The number of ether oxygens (including phenoxy) is 1. The lowest BCUT2D eigenvalue weighted by Gasteiger charge is -2.26. The first-order valence-corrected chi connectivity index (χ1v) is 10.9. The van der Waals surface area contributed by atoms with E-state index in [4.69, 9.17) is 4.74 Å². The molecule has 6 heteroatoms. The predicted molar refractivity (Wildman–Crippen MR) is 127 cm³/mol. The highest BCUT2D eigenvalue weighted by Crippen LogP contribution is 2.43. The van der Waals surface area contributed by atoms with Crippen LogP contribution < -0.4 is 10.1 Å². The van der Waals surface area contributed by atoms with E-state index in [2.05, 4.69) is 5.32 Å². The van der Waals surface area contributed by atoms with Gasteiger partial charge < -0.3 is 19.5 Å². The van der Waals surface area contributed by atoms with Crippen LogP contribution in [-0.2, 0) is 18.4 Å². The van der Waals surface area contributed by atoms with Gasteiger partial charge in [0.05, 0.1) is 13.2 Å². The number of hydrogen-bond acceptors (Lipinski definition) is 3. The Hall–Kier alpha value is -4.06. The first-order chi connectivity index (χ1) is 16.1. The lowest BCUT2D eigenvalue weighted by Crippen LogP contribution is -2.39. The average Bonchev–Trinajstić information content (AvgIpc) is 3.31.